The molecule has 0 spiro atoms. The van der Waals surface area contributed by atoms with E-state index in [1.54, 1.807) is 0 Å². The van der Waals surface area contributed by atoms with E-state index in [2.05, 4.69) is 14.1 Å². The lowest BCUT2D eigenvalue weighted by atomic mass is 9.98. The molecular weight excluding hydrogens is 147 g/mol. The first-order valence-electron chi connectivity index (χ1n) is 3.49. The van der Waals surface area contributed by atoms with Crippen LogP contribution in [0.2, 0.25) is 0 Å². The summed E-state index contributed by atoms with van der Waals surface area (Å²) < 4.78 is 2.14. The van der Waals surface area contributed by atoms with Crippen LogP contribution < -0.4 is 5.73 Å². The van der Waals surface area contributed by atoms with Crippen LogP contribution in [0.3, 0.4) is 0 Å². The highest BCUT2D eigenvalue weighted by Gasteiger charge is 2.20. The average molecular weight is 160 g/mol. The highest BCUT2D eigenvalue weighted by atomic mass is 31.0. The van der Waals surface area contributed by atoms with Gasteiger partial charge in [0.25, 0.3) is 0 Å². The Morgan fingerprint density at radius 3 is 2.40 bits per heavy atom. The zero-order valence-corrected chi connectivity index (χ0v) is 7.07. The number of rotatable bonds is 1. The Kier molecular flexibility index (Phi) is 2.64. The summed E-state index contributed by atoms with van der Waals surface area (Å²) in [5, 5.41) is 0. The maximum atomic E-state index is 10.7. The molecule has 1 saturated heterocycles. The van der Waals surface area contributed by atoms with Gasteiger partial charge in [-0.25, -0.2) is 0 Å². The van der Waals surface area contributed by atoms with E-state index in [0.29, 0.717) is 0 Å². The predicted octanol–water partition coefficient (Wildman–Crippen LogP) is -0.0262. The molecule has 1 fully saturated rings. The summed E-state index contributed by atoms with van der Waals surface area (Å²) in [6.07, 6.45) is 1.83. The minimum atomic E-state index is -0.141. The molecule has 4 heteroatoms. The number of nitrogens with two attached hydrogens (primary N) is 1. The van der Waals surface area contributed by atoms with Crippen molar-refractivity contribution in [2.45, 2.75) is 12.8 Å². The molecule has 1 heterocycles. The molecule has 1 amide bonds. The van der Waals surface area contributed by atoms with E-state index >= 15 is 0 Å². The number of hydrogen-bond acceptors (Lipinski definition) is 2. The molecule has 0 aliphatic carbocycles. The Bertz CT molecular complexity index is 132. The number of amides is 1. The van der Waals surface area contributed by atoms with E-state index in [4.69, 9.17) is 5.73 Å². The van der Waals surface area contributed by atoms with Crippen LogP contribution >= 0.6 is 9.39 Å². The van der Waals surface area contributed by atoms with Crippen molar-refractivity contribution in [2.24, 2.45) is 11.7 Å². The van der Waals surface area contributed by atoms with Crippen LogP contribution in [0.4, 0.5) is 0 Å². The van der Waals surface area contributed by atoms with Crippen molar-refractivity contribution in [1.29, 1.82) is 0 Å². The number of piperidine rings is 1. The van der Waals surface area contributed by atoms with Gasteiger partial charge in [-0.1, -0.05) is 9.39 Å². The molecular formula is C6H13N2OP. The van der Waals surface area contributed by atoms with Gasteiger partial charge in [0.2, 0.25) is 5.91 Å². The third kappa shape index (κ3) is 1.93. The van der Waals surface area contributed by atoms with Crippen LogP contribution in [0, 0.1) is 5.92 Å². The first-order valence-corrected chi connectivity index (χ1v) is 4.01. The van der Waals surface area contributed by atoms with Crippen molar-refractivity contribution in [3.8, 4) is 0 Å². The minimum Gasteiger partial charge on any atom is -0.369 e. The normalized spacial score (nSPS) is 22.9. The van der Waals surface area contributed by atoms with Gasteiger partial charge in [0.15, 0.2) is 0 Å². The number of hydrogen-bond donors (Lipinski definition) is 1. The van der Waals surface area contributed by atoms with Gasteiger partial charge in [-0.3, -0.25) is 9.46 Å². The van der Waals surface area contributed by atoms with Gasteiger partial charge in [0.05, 0.1) is 0 Å². The second-order valence-corrected chi connectivity index (χ2v) is 3.44. The lowest BCUT2D eigenvalue weighted by Gasteiger charge is -2.26. The fraction of sp³-hybridized carbons (Fsp3) is 0.833. The molecule has 0 aromatic carbocycles. The van der Waals surface area contributed by atoms with Crippen LogP contribution in [-0.4, -0.2) is 23.7 Å². The molecule has 0 saturated carbocycles. The summed E-state index contributed by atoms with van der Waals surface area (Å²) in [5.41, 5.74) is 5.15. The Hall–Kier alpha value is -0.140. The van der Waals surface area contributed by atoms with Crippen LogP contribution in [-0.2, 0) is 4.79 Å². The topological polar surface area (TPSA) is 46.3 Å². The van der Waals surface area contributed by atoms with E-state index in [1.165, 1.54) is 0 Å². The van der Waals surface area contributed by atoms with Crippen molar-refractivity contribution in [1.82, 2.24) is 4.67 Å². The highest BCUT2D eigenvalue weighted by Crippen LogP contribution is 2.18. The van der Waals surface area contributed by atoms with Gasteiger partial charge < -0.3 is 5.73 Å². The fourth-order valence-electron chi connectivity index (χ4n) is 1.18. The first-order chi connectivity index (χ1) is 4.70. The van der Waals surface area contributed by atoms with Crippen molar-refractivity contribution in [2.75, 3.05) is 13.1 Å². The van der Waals surface area contributed by atoms with Crippen LogP contribution in [0.25, 0.3) is 0 Å². The summed E-state index contributed by atoms with van der Waals surface area (Å²) in [4.78, 5) is 10.7. The monoisotopic (exact) mass is 160 g/mol. The maximum Gasteiger partial charge on any atom is 0.220 e. The molecule has 0 aromatic rings. The molecule has 2 N–H and O–H groups in total. The van der Waals surface area contributed by atoms with Gasteiger partial charge in [-0.15, -0.1) is 0 Å². The fourth-order valence-corrected chi connectivity index (χ4v) is 1.48. The average Bonchev–Trinajstić information content (AvgIpc) is 1.88. The van der Waals surface area contributed by atoms with Crippen molar-refractivity contribution in [3.05, 3.63) is 0 Å². The van der Waals surface area contributed by atoms with Gasteiger partial charge in [0, 0.05) is 19.0 Å². The lowest BCUT2D eigenvalue weighted by molar-refractivity contribution is -0.122. The summed E-state index contributed by atoms with van der Waals surface area (Å²) in [5.74, 6) is -0.0186. The third-order valence-corrected chi connectivity index (χ3v) is 2.45. The molecule has 10 heavy (non-hydrogen) atoms. The SMILES string of the molecule is NC(=O)C1CCN(P)CC1. The third-order valence-electron chi connectivity index (χ3n) is 1.93. The molecule has 0 bridgehead atoms. The number of carbonyl (C=O) groups excluding carboxylic acids is 1. The maximum absolute atomic E-state index is 10.7. The molecule has 1 aliphatic heterocycles. The summed E-state index contributed by atoms with van der Waals surface area (Å²) >= 11 is 0. The zero-order valence-electron chi connectivity index (χ0n) is 5.92. The van der Waals surface area contributed by atoms with Gasteiger partial charge >= 0.3 is 0 Å². The van der Waals surface area contributed by atoms with E-state index in [-0.39, 0.29) is 11.8 Å². The first kappa shape index (κ1) is 7.96. The van der Waals surface area contributed by atoms with Gasteiger partial charge in [-0.05, 0) is 12.8 Å². The Morgan fingerprint density at radius 2 is 2.00 bits per heavy atom. The zero-order chi connectivity index (χ0) is 7.56. The Labute approximate surface area is 63.2 Å². The molecule has 1 unspecified atom stereocenters. The second-order valence-electron chi connectivity index (χ2n) is 2.71. The molecule has 0 aromatic heterocycles. The highest BCUT2D eigenvalue weighted by molar-refractivity contribution is 7.13. The second kappa shape index (κ2) is 3.31. The molecule has 1 aliphatic rings. The minimum absolute atomic E-state index is 0.122. The summed E-state index contributed by atoms with van der Waals surface area (Å²) in [7, 11) is 2.64. The lowest BCUT2D eigenvalue weighted by Crippen LogP contribution is -2.33. The van der Waals surface area contributed by atoms with E-state index < -0.39 is 0 Å². The Morgan fingerprint density at radius 1 is 1.50 bits per heavy atom. The molecule has 1 atom stereocenters. The largest absolute Gasteiger partial charge is 0.369 e. The van der Waals surface area contributed by atoms with Crippen LogP contribution in [0.5, 0.6) is 0 Å². The van der Waals surface area contributed by atoms with Gasteiger partial charge in [-0.2, -0.15) is 0 Å². The van der Waals surface area contributed by atoms with Crippen molar-refractivity contribution < 1.29 is 4.79 Å². The standard InChI is InChI=1S/C6H13N2OP/c7-6(9)5-1-3-8(10)4-2-5/h5H,1-4,10H2,(H2,7,9). The number of nitrogens with zero attached hydrogens (tertiary/aromatic N) is 1. The summed E-state index contributed by atoms with van der Waals surface area (Å²) in [6.45, 7) is 1.94. The van der Waals surface area contributed by atoms with Gasteiger partial charge in [0.1, 0.15) is 0 Å². The molecule has 58 valence electrons. The van der Waals surface area contributed by atoms with E-state index in [1.807, 2.05) is 0 Å². The quantitative estimate of drug-likeness (QED) is 0.548. The number of carbonyl (C=O) groups is 1. The molecule has 1 rings (SSSR count). The van der Waals surface area contributed by atoms with Crippen molar-refractivity contribution >= 4 is 15.3 Å². The van der Waals surface area contributed by atoms with E-state index in [0.717, 1.165) is 25.9 Å². The van der Waals surface area contributed by atoms with E-state index in [9.17, 15) is 4.79 Å². The smallest absolute Gasteiger partial charge is 0.220 e. The number of primary amides is 1. The van der Waals surface area contributed by atoms with Crippen molar-refractivity contribution in [3.63, 3.8) is 0 Å². The Balaban J connectivity index is 2.33. The summed E-state index contributed by atoms with van der Waals surface area (Å²) in [6, 6.07) is 0. The predicted molar refractivity (Wildman–Crippen MR) is 43.2 cm³/mol. The molecule has 0 radical (unpaired) electrons. The van der Waals surface area contributed by atoms with Crippen LogP contribution in [0.15, 0.2) is 0 Å². The molecule has 3 nitrogen and oxygen atoms in total. The van der Waals surface area contributed by atoms with Crippen LogP contribution in [0.1, 0.15) is 12.8 Å².